The van der Waals surface area contributed by atoms with E-state index in [1.54, 1.807) is 30.8 Å². The van der Waals surface area contributed by atoms with Gasteiger partial charge in [0.1, 0.15) is 11.4 Å². The molecule has 1 aromatic heterocycles. The molecule has 0 radical (unpaired) electrons. The number of rotatable bonds is 4. The second kappa shape index (κ2) is 6.31. The number of nitrogens with zero attached hydrogens (tertiary/aromatic N) is 2. The van der Waals surface area contributed by atoms with Crippen molar-refractivity contribution in [2.24, 2.45) is 7.05 Å². The lowest BCUT2D eigenvalue weighted by Crippen LogP contribution is -2.31. The van der Waals surface area contributed by atoms with Crippen LogP contribution in [0.25, 0.3) is 0 Å². The van der Waals surface area contributed by atoms with Gasteiger partial charge in [0.05, 0.1) is 13.1 Å². The summed E-state index contributed by atoms with van der Waals surface area (Å²) in [6.45, 7) is 2.00. The summed E-state index contributed by atoms with van der Waals surface area (Å²) < 4.78 is 16.0. The standard InChI is InChI=1S/C16H16FN3O2/c1-4-9-18-15(21)14-11(2)19(3)20(16(14)22)10-12-5-7-13(17)8-6-12/h1,5-8H,9-10H2,2-3H3,(H,18,21). The molecule has 0 aliphatic heterocycles. The van der Waals surface area contributed by atoms with Crippen LogP contribution in [-0.4, -0.2) is 21.8 Å². The predicted octanol–water partition coefficient (Wildman–Crippen LogP) is 1.05. The first-order valence-corrected chi connectivity index (χ1v) is 6.68. The van der Waals surface area contributed by atoms with Gasteiger partial charge in [-0.2, -0.15) is 0 Å². The van der Waals surface area contributed by atoms with E-state index < -0.39 is 11.5 Å². The molecule has 0 saturated carbocycles. The monoisotopic (exact) mass is 301 g/mol. The van der Waals surface area contributed by atoms with Gasteiger partial charge in [0.15, 0.2) is 0 Å². The van der Waals surface area contributed by atoms with Gasteiger partial charge in [-0.1, -0.05) is 18.1 Å². The lowest BCUT2D eigenvalue weighted by Gasteiger charge is -2.08. The summed E-state index contributed by atoms with van der Waals surface area (Å²) in [5.41, 5.74) is 0.972. The van der Waals surface area contributed by atoms with Gasteiger partial charge in [-0.25, -0.2) is 9.07 Å². The summed E-state index contributed by atoms with van der Waals surface area (Å²) in [7, 11) is 1.69. The van der Waals surface area contributed by atoms with Crippen molar-refractivity contribution in [2.45, 2.75) is 13.5 Å². The minimum Gasteiger partial charge on any atom is -0.341 e. The van der Waals surface area contributed by atoms with Gasteiger partial charge in [-0.15, -0.1) is 6.42 Å². The number of amides is 1. The van der Waals surface area contributed by atoms with E-state index in [2.05, 4.69) is 11.2 Å². The highest BCUT2D eigenvalue weighted by atomic mass is 19.1. The summed E-state index contributed by atoms with van der Waals surface area (Å²) in [6, 6.07) is 5.86. The Morgan fingerprint density at radius 1 is 1.36 bits per heavy atom. The molecule has 0 fully saturated rings. The number of hydrogen-bond acceptors (Lipinski definition) is 2. The van der Waals surface area contributed by atoms with Gasteiger partial charge >= 0.3 is 0 Å². The van der Waals surface area contributed by atoms with E-state index in [9.17, 15) is 14.0 Å². The normalized spacial score (nSPS) is 10.3. The highest BCUT2D eigenvalue weighted by Gasteiger charge is 2.20. The number of benzene rings is 1. The van der Waals surface area contributed by atoms with Gasteiger partial charge in [0, 0.05) is 12.7 Å². The lowest BCUT2D eigenvalue weighted by molar-refractivity contribution is 0.0957. The third kappa shape index (κ3) is 2.93. The number of carbonyl (C=O) groups excluding carboxylic acids is 1. The molecule has 0 aliphatic carbocycles. The van der Waals surface area contributed by atoms with Crippen molar-refractivity contribution in [1.29, 1.82) is 0 Å². The fraction of sp³-hybridized carbons (Fsp3) is 0.250. The Balaban J connectivity index is 2.38. The fourth-order valence-electron chi connectivity index (χ4n) is 2.18. The molecule has 1 heterocycles. The summed E-state index contributed by atoms with van der Waals surface area (Å²) in [5, 5.41) is 2.49. The third-order valence-corrected chi connectivity index (χ3v) is 3.48. The van der Waals surface area contributed by atoms with Crippen molar-refractivity contribution in [3.05, 3.63) is 57.3 Å². The summed E-state index contributed by atoms with van der Waals surface area (Å²) in [6.07, 6.45) is 5.10. The average molecular weight is 301 g/mol. The fourth-order valence-corrected chi connectivity index (χ4v) is 2.18. The van der Waals surface area contributed by atoms with Gasteiger partial charge < -0.3 is 5.32 Å². The molecule has 0 unspecified atom stereocenters. The van der Waals surface area contributed by atoms with E-state index in [0.29, 0.717) is 5.69 Å². The summed E-state index contributed by atoms with van der Waals surface area (Å²) in [5.74, 6) is 1.46. The molecule has 22 heavy (non-hydrogen) atoms. The molecule has 0 aliphatic rings. The predicted molar refractivity (Wildman–Crippen MR) is 81.1 cm³/mol. The number of aromatic nitrogens is 2. The molecule has 0 atom stereocenters. The number of hydrogen-bond donors (Lipinski definition) is 1. The van der Waals surface area contributed by atoms with Crippen LogP contribution < -0.4 is 10.9 Å². The van der Waals surface area contributed by atoms with Crippen LogP contribution in [0.3, 0.4) is 0 Å². The smallest absolute Gasteiger partial charge is 0.280 e. The zero-order valence-corrected chi connectivity index (χ0v) is 12.4. The van der Waals surface area contributed by atoms with Crippen molar-refractivity contribution in [3.63, 3.8) is 0 Å². The molecule has 1 N–H and O–H groups in total. The first kappa shape index (κ1) is 15.6. The minimum absolute atomic E-state index is 0.0601. The first-order valence-electron chi connectivity index (χ1n) is 6.68. The quantitative estimate of drug-likeness (QED) is 0.858. The highest BCUT2D eigenvalue weighted by Crippen LogP contribution is 2.08. The van der Waals surface area contributed by atoms with Crippen molar-refractivity contribution in [2.75, 3.05) is 6.54 Å². The van der Waals surface area contributed by atoms with Crippen molar-refractivity contribution >= 4 is 5.91 Å². The van der Waals surface area contributed by atoms with Crippen LogP contribution in [0.1, 0.15) is 21.6 Å². The molecule has 1 amide bonds. The van der Waals surface area contributed by atoms with Gasteiger partial charge in [-0.05, 0) is 24.6 Å². The van der Waals surface area contributed by atoms with E-state index in [4.69, 9.17) is 6.42 Å². The Morgan fingerprint density at radius 3 is 2.59 bits per heavy atom. The molecule has 2 rings (SSSR count). The van der Waals surface area contributed by atoms with Crippen LogP contribution in [0.5, 0.6) is 0 Å². The van der Waals surface area contributed by atoms with E-state index >= 15 is 0 Å². The molecule has 5 nitrogen and oxygen atoms in total. The SMILES string of the molecule is C#CCNC(=O)c1c(C)n(C)n(Cc2ccc(F)cc2)c1=O. The molecular formula is C16H16FN3O2. The van der Waals surface area contributed by atoms with Crippen LogP contribution >= 0.6 is 0 Å². The maximum Gasteiger partial charge on any atom is 0.280 e. The van der Waals surface area contributed by atoms with E-state index in [0.717, 1.165) is 5.56 Å². The second-order valence-electron chi connectivity index (χ2n) is 4.86. The zero-order valence-electron chi connectivity index (χ0n) is 12.4. The molecule has 2 aromatic rings. The number of halogens is 1. The van der Waals surface area contributed by atoms with Crippen molar-refractivity contribution < 1.29 is 9.18 Å². The summed E-state index contributed by atoms with van der Waals surface area (Å²) >= 11 is 0. The van der Waals surface area contributed by atoms with Gasteiger partial charge in [-0.3, -0.25) is 14.3 Å². The largest absolute Gasteiger partial charge is 0.341 e. The van der Waals surface area contributed by atoms with Crippen LogP contribution in [-0.2, 0) is 13.6 Å². The Bertz CT molecular complexity index is 795. The zero-order chi connectivity index (χ0) is 16.3. The van der Waals surface area contributed by atoms with E-state index in [-0.39, 0.29) is 24.5 Å². The summed E-state index contributed by atoms with van der Waals surface area (Å²) in [4.78, 5) is 24.5. The van der Waals surface area contributed by atoms with Gasteiger partial charge in [0.2, 0.25) is 0 Å². The maximum absolute atomic E-state index is 12.9. The first-order chi connectivity index (χ1) is 10.5. The van der Waals surface area contributed by atoms with Crippen LogP contribution in [0, 0.1) is 25.1 Å². The molecular weight excluding hydrogens is 285 g/mol. The Hall–Kier alpha value is -2.81. The lowest BCUT2D eigenvalue weighted by atomic mass is 10.2. The third-order valence-electron chi connectivity index (χ3n) is 3.48. The molecule has 0 bridgehead atoms. The molecule has 6 heteroatoms. The Morgan fingerprint density at radius 2 is 2.00 bits per heavy atom. The average Bonchev–Trinajstić information content (AvgIpc) is 2.71. The number of carbonyl (C=O) groups is 1. The van der Waals surface area contributed by atoms with Gasteiger partial charge in [0.25, 0.3) is 11.5 Å². The van der Waals surface area contributed by atoms with Crippen molar-refractivity contribution in [3.8, 4) is 12.3 Å². The Labute approximate surface area is 127 Å². The topological polar surface area (TPSA) is 56.0 Å². The minimum atomic E-state index is -0.492. The Kier molecular flexibility index (Phi) is 4.47. The molecule has 1 aromatic carbocycles. The molecule has 0 spiro atoms. The number of nitrogens with one attached hydrogen (secondary N) is 1. The van der Waals surface area contributed by atoms with Crippen LogP contribution in [0.15, 0.2) is 29.1 Å². The molecule has 0 saturated heterocycles. The van der Waals surface area contributed by atoms with Crippen molar-refractivity contribution in [1.82, 2.24) is 14.7 Å². The van der Waals surface area contributed by atoms with E-state index in [1.165, 1.54) is 16.8 Å². The maximum atomic E-state index is 12.9. The van der Waals surface area contributed by atoms with E-state index in [1.807, 2.05) is 0 Å². The second-order valence-corrected chi connectivity index (χ2v) is 4.86. The number of terminal acetylenes is 1. The highest BCUT2D eigenvalue weighted by molar-refractivity contribution is 5.95. The van der Waals surface area contributed by atoms with Crippen LogP contribution in [0.4, 0.5) is 4.39 Å². The van der Waals surface area contributed by atoms with Crippen LogP contribution in [0.2, 0.25) is 0 Å². The molecule has 114 valence electrons.